The number of nitrogens with one attached hydrogen (secondary N) is 2. The fraction of sp³-hybridized carbons (Fsp3) is 0.471. The summed E-state index contributed by atoms with van der Waals surface area (Å²) in [5.74, 6) is 0.338. The van der Waals surface area contributed by atoms with Crippen LogP contribution in [0.15, 0.2) is 12.4 Å². The van der Waals surface area contributed by atoms with Gasteiger partial charge in [0.25, 0.3) is 0 Å². The highest BCUT2D eigenvalue weighted by Crippen LogP contribution is 2.39. The van der Waals surface area contributed by atoms with E-state index in [1.807, 2.05) is 13.2 Å². The molecular formula is C17H22N4O2S2. The average Bonchev–Trinajstić information content (AvgIpc) is 3.14. The summed E-state index contributed by atoms with van der Waals surface area (Å²) in [5, 5.41) is 11.7. The summed E-state index contributed by atoms with van der Waals surface area (Å²) >= 11 is 7.00. The van der Waals surface area contributed by atoms with Crippen LogP contribution in [-0.2, 0) is 31.2 Å². The van der Waals surface area contributed by atoms with Gasteiger partial charge in [-0.3, -0.25) is 4.68 Å². The van der Waals surface area contributed by atoms with E-state index >= 15 is 0 Å². The molecule has 25 heavy (non-hydrogen) atoms. The zero-order valence-corrected chi connectivity index (χ0v) is 16.2. The first-order valence-electron chi connectivity index (χ1n) is 8.23. The van der Waals surface area contributed by atoms with E-state index < -0.39 is 0 Å². The van der Waals surface area contributed by atoms with Gasteiger partial charge in [-0.2, -0.15) is 5.10 Å². The van der Waals surface area contributed by atoms with Gasteiger partial charge in [0.1, 0.15) is 5.00 Å². The summed E-state index contributed by atoms with van der Waals surface area (Å²) < 4.78 is 6.74. The first-order valence-corrected chi connectivity index (χ1v) is 9.45. The molecule has 0 spiro atoms. The van der Waals surface area contributed by atoms with Gasteiger partial charge in [0.15, 0.2) is 5.11 Å². The molecule has 1 aliphatic rings. The maximum atomic E-state index is 12.3. The van der Waals surface area contributed by atoms with E-state index in [0.29, 0.717) is 23.1 Å². The van der Waals surface area contributed by atoms with Gasteiger partial charge in [-0.15, -0.1) is 11.3 Å². The molecule has 0 radical (unpaired) electrons. The summed E-state index contributed by atoms with van der Waals surface area (Å²) in [5.41, 5.74) is 2.80. The van der Waals surface area contributed by atoms with Crippen LogP contribution < -0.4 is 10.6 Å². The van der Waals surface area contributed by atoms with Gasteiger partial charge in [0.05, 0.1) is 18.9 Å². The maximum Gasteiger partial charge on any atom is 0.341 e. The minimum atomic E-state index is -0.301. The number of fused-ring (bicyclic) bond motifs is 1. The molecule has 6 nitrogen and oxygen atoms in total. The Hall–Kier alpha value is -1.93. The molecule has 0 aliphatic heterocycles. The van der Waals surface area contributed by atoms with Crippen molar-refractivity contribution in [3.8, 4) is 0 Å². The van der Waals surface area contributed by atoms with Crippen molar-refractivity contribution in [2.24, 2.45) is 13.0 Å². The molecule has 1 atom stereocenters. The minimum absolute atomic E-state index is 0.301. The first-order chi connectivity index (χ1) is 12.0. The SMILES string of the molecule is COC(=O)c1c(NC(=S)NCc2cnn(C)c2)sc2c1CC[C@H](C)C2. The van der Waals surface area contributed by atoms with E-state index in [-0.39, 0.29) is 5.97 Å². The molecular weight excluding hydrogens is 356 g/mol. The van der Waals surface area contributed by atoms with Crippen LogP contribution in [0.3, 0.4) is 0 Å². The van der Waals surface area contributed by atoms with Crippen LogP contribution in [-0.4, -0.2) is 28.0 Å². The Morgan fingerprint density at radius 3 is 3.04 bits per heavy atom. The molecule has 2 N–H and O–H groups in total. The van der Waals surface area contributed by atoms with Crippen molar-refractivity contribution >= 4 is 39.6 Å². The van der Waals surface area contributed by atoms with Crippen molar-refractivity contribution in [1.82, 2.24) is 15.1 Å². The number of hydrogen-bond donors (Lipinski definition) is 2. The molecule has 1 aliphatic carbocycles. The molecule has 0 saturated heterocycles. The van der Waals surface area contributed by atoms with Gasteiger partial charge in [-0.1, -0.05) is 6.92 Å². The average molecular weight is 379 g/mol. The van der Waals surface area contributed by atoms with E-state index in [2.05, 4.69) is 22.7 Å². The van der Waals surface area contributed by atoms with Crippen molar-refractivity contribution in [3.63, 3.8) is 0 Å². The number of anilines is 1. The van der Waals surface area contributed by atoms with Crippen molar-refractivity contribution in [2.45, 2.75) is 32.7 Å². The summed E-state index contributed by atoms with van der Waals surface area (Å²) in [7, 11) is 3.29. The van der Waals surface area contributed by atoms with E-state index in [9.17, 15) is 4.79 Å². The lowest BCUT2D eigenvalue weighted by Crippen LogP contribution is -2.28. The van der Waals surface area contributed by atoms with E-state index in [1.54, 1.807) is 22.2 Å². The lowest BCUT2D eigenvalue weighted by atomic mass is 9.88. The molecule has 0 aromatic carbocycles. The number of aryl methyl sites for hydroxylation is 1. The number of thiophene rings is 1. The largest absolute Gasteiger partial charge is 0.465 e. The molecule has 0 fully saturated rings. The monoisotopic (exact) mass is 378 g/mol. The third kappa shape index (κ3) is 4.01. The van der Waals surface area contributed by atoms with Crippen LogP contribution in [0, 0.1) is 5.92 Å². The predicted octanol–water partition coefficient (Wildman–Crippen LogP) is 2.88. The summed E-state index contributed by atoms with van der Waals surface area (Å²) in [6.07, 6.45) is 6.73. The smallest absolute Gasteiger partial charge is 0.341 e. The Morgan fingerprint density at radius 1 is 1.56 bits per heavy atom. The number of rotatable bonds is 4. The number of hydrogen-bond acceptors (Lipinski definition) is 5. The number of carbonyl (C=O) groups excluding carboxylic acids is 1. The molecule has 2 heterocycles. The van der Waals surface area contributed by atoms with Crippen molar-refractivity contribution in [1.29, 1.82) is 0 Å². The Morgan fingerprint density at radius 2 is 2.36 bits per heavy atom. The van der Waals surface area contributed by atoms with Crippen LogP contribution in [0.5, 0.6) is 0 Å². The number of aromatic nitrogens is 2. The zero-order chi connectivity index (χ0) is 18.0. The Labute approximate surface area is 156 Å². The van der Waals surface area contributed by atoms with Crippen molar-refractivity contribution in [2.75, 3.05) is 12.4 Å². The van der Waals surface area contributed by atoms with Crippen LogP contribution in [0.25, 0.3) is 0 Å². The Bertz CT molecular complexity index is 797. The van der Waals surface area contributed by atoms with E-state index in [4.69, 9.17) is 17.0 Å². The number of carbonyl (C=O) groups is 1. The fourth-order valence-electron chi connectivity index (χ4n) is 3.05. The fourth-order valence-corrected chi connectivity index (χ4v) is 4.69. The second-order valence-electron chi connectivity index (χ2n) is 6.38. The first kappa shape index (κ1) is 17.9. The molecule has 0 unspecified atom stereocenters. The maximum absolute atomic E-state index is 12.3. The van der Waals surface area contributed by atoms with Crippen LogP contribution in [0.1, 0.15) is 39.7 Å². The standard InChI is InChI=1S/C17H22N4O2S2/c1-10-4-5-12-13(6-10)25-15(14(12)16(22)23-3)20-17(24)18-7-11-8-19-21(2)9-11/h8-10H,4-7H2,1-3H3,(H2,18,20,24)/t10-/m0/s1. The summed E-state index contributed by atoms with van der Waals surface area (Å²) in [6.45, 7) is 2.82. The minimum Gasteiger partial charge on any atom is -0.465 e. The number of thiocarbonyl (C=S) groups is 1. The number of esters is 1. The predicted molar refractivity (Wildman–Crippen MR) is 103 cm³/mol. The second kappa shape index (κ2) is 7.53. The third-order valence-electron chi connectivity index (χ3n) is 4.34. The third-order valence-corrected chi connectivity index (χ3v) is 5.76. The highest BCUT2D eigenvalue weighted by atomic mass is 32.1. The van der Waals surface area contributed by atoms with Gasteiger partial charge in [-0.25, -0.2) is 4.79 Å². The molecule has 0 bridgehead atoms. The Kier molecular flexibility index (Phi) is 5.39. The number of ether oxygens (including phenoxy) is 1. The van der Waals surface area contributed by atoms with Crippen molar-refractivity contribution < 1.29 is 9.53 Å². The van der Waals surface area contributed by atoms with Gasteiger partial charge >= 0.3 is 5.97 Å². The number of nitrogens with zero attached hydrogens (tertiary/aromatic N) is 2. The molecule has 2 aromatic rings. The molecule has 3 rings (SSSR count). The van der Waals surface area contributed by atoms with Gasteiger partial charge < -0.3 is 15.4 Å². The normalized spacial score (nSPS) is 16.2. The van der Waals surface area contributed by atoms with Crippen LogP contribution >= 0.6 is 23.6 Å². The molecule has 2 aromatic heterocycles. The topological polar surface area (TPSA) is 68.2 Å². The van der Waals surface area contributed by atoms with E-state index in [1.165, 1.54) is 12.0 Å². The van der Waals surface area contributed by atoms with Gasteiger partial charge in [-0.05, 0) is 43.0 Å². The molecule has 8 heteroatoms. The molecule has 134 valence electrons. The lowest BCUT2D eigenvalue weighted by Gasteiger charge is -2.18. The van der Waals surface area contributed by atoms with E-state index in [0.717, 1.165) is 35.4 Å². The highest BCUT2D eigenvalue weighted by Gasteiger charge is 2.28. The lowest BCUT2D eigenvalue weighted by molar-refractivity contribution is 0.0601. The quantitative estimate of drug-likeness (QED) is 0.630. The highest BCUT2D eigenvalue weighted by molar-refractivity contribution is 7.80. The van der Waals surface area contributed by atoms with Crippen molar-refractivity contribution in [3.05, 3.63) is 34.0 Å². The van der Waals surface area contributed by atoms with Crippen LogP contribution in [0.2, 0.25) is 0 Å². The number of methoxy groups -OCH3 is 1. The molecule has 0 saturated carbocycles. The molecule has 0 amide bonds. The summed E-state index contributed by atoms with van der Waals surface area (Å²) in [6, 6.07) is 0. The Balaban J connectivity index is 1.74. The summed E-state index contributed by atoms with van der Waals surface area (Å²) in [4.78, 5) is 13.5. The second-order valence-corrected chi connectivity index (χ2v) is 7.89. The van der Waals surface area contributed by atoms with Gasteiger partial charge in [0.2, 0.25) is 0 Å². The van der Waals surface area contributed by atoms with Crippen LogP contribution in [0.4, 0.5) is 5.00 Å². The zero-order valence-electron chi connectivity index (χ0n) is 14.6. The van der Waals surface area contributed by atoms with Gasteiger partial charge in [0, 0.05) is 30.2 Å².